The summed E-state index contributed by atoms with van der Waals surface area (Å²) in [5.74, 6) is 1.16. The van der Waals surface area contributed by atoms with E-state index in [0.717, 1.165) is 18.0 Å². The van der Waals surface area contributed by atoms with E-state index >= 15 is 0 Å². The van der Waals surface area contributed by atoms with Gasteiger partial charge in [0.15, 0.2) is 5.12 Å². The molecule has 1 atom stereocenters. The maximum absolute atomic E-state index is 12.2. The van der Waals surface area contributed by atoms with Gasteiger partial charge in [-0.3, -0.25) is 9.59 Å². The van der Waals surface area contributed by atoms with Crippen LogP contribution >= 0.6 is 11.8 Å². The molecule has 0 saturated carbocycles. The normalized spacial score (nSPS) is 18.6. The minimum atomic E-state index is 0.119. The van der Waals surface area contributed by atoms with Crippen molar-refractivity contribution < 1.29 is 9.59 Å². The maximum Gasteiger partial charge on any atom is 0.227 e. The molecule has 1 unspecified atom stereocenters. The van der Waals surface area contributed by atoms with Crippen molar-refractivity contribution >= 4 is 28.5 Å². The molecule has 1 saturated heterocycles. The Kier molecular flexibility index (Phi) is 5.42. The van der Waals surface area contributed by atoms with Gasteiger partial charge in [-0.05, 0) is 37.7 Å². The third kappa shape index (κ3) is 4.58. The zero-order valence-corrected chi connectivity index (χ0v) is 13.7. The Bertz CT molecular complexity index is 531. The molecule has 1 aliphatic rings. The second-order valence-corrected chi connectivity index (χ2v) is 6.98. The van der Waals surface area contributed by atoms with Gasteiger partial charge in [0.2, 0.25) is 5.91 Å². The van der Waals surface area contributed by atoms with E-state index < -0.39 is 0 Å². The summed E-state index contributed by atoms with van der Waals surface area (Å²) in [6, 6.07) is 8.14. The number of hydrogen-bond acceptors (Lipinski definition) is 4. The van der Waals surface area contributed by atoms with Gasteiger partial charge < -0.3 is 9.80 Å². The highest BCUT2D eigenvalue weighted by molar-refractivity contribution is 8.13. The first-order valence-electron chi connectivity index (χ1n) is 7.13. The molecule has 0 aromatic heterocycles. The molecule has 2 rings (SSSR count). The first-order chi connectivity index (χ1) is 9.95. The molecule has 1 heterocycles. The molecular formula is C16H22N2O2S. The van der Waals surface area contributed by atoms with Crippen LogP contribution in [0.4, 0.5) is 5.69 Å². The predicted molar refractivity (Wildman–Crippen MR) is 87.4 cm³/mol. The Labute approximate surface area is 130 Å². The van der Waals surface area contributed by atoms with Crippen molar-refractivity contribution in [2.24, 2.45) is 5.92 Å². The number of rotatable bonds is 5. The highest BCUT2D eigenvalue weighted by Crippen LogP contribution is 2.28. The van der Waals surface area contributed by atoms with Crippen molar-refractivity contribution in [2.45, 2.75) is 19.9 Å². The van der Waals surface area contributed by atoms with E-state index in [2.05, 4.69) is 17.0 Å². The molecule has 1 aromatic rings. The van der Waals surface area contributed by atoms with Crippen molar-refractivity contribution in [2.75, 3.05) is 31.3 Å². The lowest BCUT2D eigenvalue weighted by Crippen LogP contribution is -2.25. The predicted octanol–water partition coefficient (Wildman–Crippen LogP) is 2.38. The van der Waals surface area contributed by atoms with Gasteiger partial charge in [0.1, 0.15) is 0 Å². The number of carbonyl (C=O) groups is 2. The number of thioether (sulfide) groups is 1. The van der Waals surface area contributed by atoms with Gasteiger partial charge in [-0.15, -0.1) is 0 Å². The van der Waals surface area contributed by atoms with Gasteiger partial charge in [-0.2, -0.15) is 0 Å². The summed E-state index contributed by atoms with van der Waals surface area (Å²) in [5.41, 5.74) is 2.17. The van der Waals surface area contributed by atoms with Crippen LogP contribution in [-0.4, -0.2) is 42.3 Å². The molecule has 0 radical (unpaired) electrons. The third-order valence-corrected chi connectivity index (χ3v) is 4.49. The van der Waals surface area contributed by atoms with Gasteiger partial charge >= 0.3 is 0 Å². The van der Waals surface area contributed by atoms with E-state index in [9.17, 15) is 9.59 Å². The molecule has 1 amide bonds. The van der Waals surface area contributed by atoms with E-state index in [4.69, 9.17) is 0 Å². The molecular weight excluding hydrogens is 284 g/mol. The number of hydrogen-bond donors (Lipinski definition) is 0. The van der Waals surface area contributed by atoms with Gasteiger partial charge in [0, 0.05) is 37.9 Å². The average molecular weight is 306 g/mol. The topological polar surface area (TPSA) is 40.6 Å². The summed E-state index contributed by atoms with van der Waals surface area (Å²) >= 11 is 1.31. The number of anilines is 1. The van der Waals surface area contributed by atoms with Crippen LogP contribution in [0.5, 0.6) is 0 Å². The number of carbonyl (C=O) groups excluding carboxylic acids is 2. The molecule has 1 fully saturated rings. The SMILES string of the molecule is CC(=O)SCC1CC(=O)N(c2cccc(CN(C)C)c2)C1. The van der Waals surface area contributed by atoms with Crippen LogP contribution in [0.25, 0.3) is 0 Å². The number of nitrogens with zero attached hydrogens (tertiary/aromatic N) is 2. The van der Waals surface area contributed by atoms with E-state index in [0.29, 0.717) is 13.0 Å². The minimum Gasteiger partial charge on any atom is -0.312 e. The van der Waals surface area contributed by atoms with E-state index in [1.54, 1.807) is 6.92 Å². The van der Waals surface area contributed by atoms with Gasteiger partial charge in [0.25, 0.3) is 0 Å². The van der Waals surface area contributed by atoms with Crippen LogP contribution in [0.3, 0.4) is 0 Å². The molecule has 5 heteroatoms. The van der Waals surface area contributed by atoms with Crippen molar-refractivity contribution in [3.8, 4) is 0 Å². The van der Waals surface area contributed by atoms with E-state index in [-0.39, 0.29) is 16.9 Å². The number of benzene rings is 1. The molecule has 4 nitrogen and oxygen atoms in total. The second kappa shape index (κ2) is 7.09. The Morgan fingerprint density at radius 3 is 2.86 bits per heavy atom. The van der Waals surface area contributed by atoms with Crippen LogP contribution < -0.4 is 4.90 Å². The summed E-state index contributed by atoms with van der Waals surface area (Å²) in [6.07, 6.45) is 0.540. The first-order valence-corrected chi connectivity index (χ1v) is 8.11. The molecule has 1 aromatic carbocycles. The lowest BCUT2D eigenvalue weighted by Gasteiger charge is -2.18. The molecule has 0 bridgehead atoms. The van der Waals surface area contributed by atoms with Gasteiger partial charge in [-0.25, -0.2) is 0 Å². The lowest BCUT2D eigenvalue weighted by molar-refractivity contribution is -0.117. The Hall–Kier alpha value is -1.33. The summed E-state index contributed by atoms with van der Waals surface area (Å²) in [4.78, 5) is 27.2. The number of amides is 1. The Morgan fingerprint density at radius 2 is 2.19 bits per heavy atom. The zero-order valence-electron chi connectivity index (χ0n) is 12.8. The van der Waals surface area contributed by atoms with Crippen molar-refractivity contribution in [1.82, 2.24) is 4.90 Å². The smallest absolute Gasteiger partial charge is 0.227 e. The van der Waals surface area contributed by atoms with Crippen LogP contribution in [0, 0.1) is 5.92 Å². The molecule has 114 valence electrons. The van der Waals surface area contributed by atoms with Gasteiger partial charge in [0.05, 0.1) is 0 Å². The summed E-state index contributed by atoms with van der Waals surface area (Å²) in [5, 5.41) is 0.119. The minimum absolute atomic E-state index is 0.119. The largest absolute Gasteiger partial charge is 0.312 e. The molecule has 0 N–H and O–H groups in total. The van der Waals surface area contributed by atoms with Crippen molar-refractivity contribution in [3.05, 3.63) is 29.8 Å². The van der Waals surface area contributed by atoms with Crippen LogP contribution in [0.15, 0.2) is 24.3 Å². The van der Waals surface area contributed by atoms with Crippen molar-refractivity contribution in [3.63, 3.8) is 0 Å². The zero-order chi connectivity index (χ0) is 15.4. The Balaban J connectivity index is 2.04. The summed E-state index contributed by atoms with van der Waals surface area (Å²) in [6.45, 7) is 3.15. The first kappa shape index (κ1) is 16.0. The lowest BCUT2D eigenvalue weighted by atomic mass is 10.1. The summed E-state index contributed by atoms with van der Waals surface area (Å²) in [7, 11) is 4.06. The molecule has 0 spiro atoms. The molecule has 0 aliphatic carbocycles. The fourth-order valence-corrected chi connectivity index (χ4v) is 3.26. The monoisotopic (exact) mass is 306 g/mol. The average Bonchev–Trinajstić information content (AvgIpc) is 2.77. The Morgan fingerprint density at radius 1 is 1.43 bits per heavy atom. The summed E-state index contributed by atoms with van der Waals surface area (Å²) < 4.78 is 0. The molecule has 1 aliphatic heterocycles. The van der Waals surface area contributed by atoms with Crippen LogP contribution in [0.2, 0.25) is 0 Å². The fourth-order valence-electron chi connectivity index (χ4n) is 2.57. The van der Waals surface area contributed by atoms with E-state index in [1.165, 1.54) is 17.3 Å². The van der Waals surface area contributed by atoms with Crippen molar-refractivity contribution in [1.29, 1.82) is 0 Å². The highest BCUT2D eigenvalue weighted by atomic mass is 32.2. The van der Waals surface area contributed by atoms with E-state index in [1.807, 2.05) is 31.1 Å². The second-order valence-electron chi connectivity index (χ2n) is 5.78. The maximum atomic E-state index is 12.2. The highest BCUT2D eigenvalue weighted by Gasteiger charge is 2.30. The molecule has 21 heavy (non-hydrogen) atoms. The van der Waals surface area contributed by atoms with Crippen LogP contribution in [0.1, 0.15) is 18.9 Å². The third-order valence-electron chi connectivity index (χ3n) is 3.45. The quantitative estimate of drug-likeness (QED) is 0.837. The fraction of sp³-hybridized carbons (Fsp3) is 0.500. The van der Waals surface area contributed by atoms with Gasteiger partial charge in [-0.1, -0.05) is 23.9 Å². The standard InChI is InChI=1S/C16H22N2O2S/c1-12(19)21-11-14-8-16(20)18(10-14)15-6-4-5-13(7-15)9-17(2)3/h4-7,14H,8-11H2,1-3H3. The van der Waals surface area contributed by atoms with Crippen LogP contribution in [-0.2, 0) is 16.1 Å².